The summed E-state index contributed by atoms with van der Waals surface area (Å²) in [5.41, 5.74) is 9.11. The van der Waals surface area contributed by atoms with Crippen LogP contribution in [0.5, 0.6) is 11.5 Å². The molecule has 3 aromatic rings. The number of benzene rings is 2. The van der Waals surface area contributed by atoms with E-state index in [1.807, 2.05) is 32.0 Å². The van der Waals surface area contributed by atoms with Crippen LogP contribution in [0, 0.1) is 34.6 Å². The molecule has 0 aliphatic rings. The van der Waals surface area contributed by atoms with Crippen LogP contribution in [-0.2, 0) is 19.5 Å². The quantitative estimate of drug-likeness (QED) is 0.407. The average Bonchev–Trinajstić information content (AvgIpc) is 3.02. The lowest BCUT2D eigenvalue weighted by Crippen LogP contribution is -2.19. The van der Waals surface area contributed by atoms with Crippen molar-refractivity contribution in [1.29, 1.82) is 0 Å². The van der Waals surface area contributed by atoms with Crippen LogP contribution in [0.1, 0.15) is 55.1 Å². The minimum absolute atomic E-state index is 0.401. The topological polar surface area (TPSA) is 72.7 Å². The van der Waals surface area contributed by atoms with Crippen LogP contribution in [0.15, 0.2) is 30.3 Å². The molecule has 0 aliphatic heterocycles. The van der Waals surface area contributed by atoms with Crippen molar-refractivity contribution in [3.8, 4) is 11.5 Å². The van der Waals surface area contributed by atoms with E-state index in [9.17, 15) is 9.90 Å². The SMILES string of the molecule is COc1ccc(CCNCc2c(C(=O)O)c(C)n(Cc3c(C)cc(C)cc3C)c2C)cc1OC. The van der Waals surface area contributed by atoms with Gasteiger partial charge in [-0.05, 0) is 82.0 Å². The third-order valence-corrected chi connectivity index (χ3v) is 6.62. The molecule has 1 heterocycles. The minimum atomic E-state index is -0.881. The first-order valence-electron chi connectivity index (χ1n) is 11.6. The number of hydrogen-bond donors (Lipinski definition) is 2. The third kappa shape index (κ3) is 5.28. The molecule has 0 bridgehead atoms. The maximum Gasteiger partial charge on any atom is 0.337 e. The van der Waals surface area contributed by atoms with Crippen LogP contribution in [0.3, 0.4) is 0 Å². The van der Waals surface area contributed by atoms with Crippen molar-refractivity contribution in [2.24, 2.45) is 0 Å². The van der Waals surface area contributed by atoms with Crippen LogP contribution in [0.25, 0.3) is 0 Å². The lowest BCUT2D eigenvalue weighted by Gasteiger charge is -2.16. The Bertz CT molecular complexity index is 1170. The van der Waals surface area contributed by atoms with Gasteiger partial charge in [-0.3, -0.25) is 0 Å². The Balaban J connectivity index is 1.78. The number of carbonyl (C=O) groups is 1. The summed E-state index contributed by atoms with van der Waals surface area (Å²) < 4.78 is 12.8. The van der Waals surface area contributed by atoms with Crippen molar-refractivity contribution in [1.82, 2.24) is 9.88 Å². The summed E-state index contributed by atoms with van der Waals surface area (Å²) in [7, 11) is 3.25. The van der Waals surface area contributed by atoms with E-state index in [0.717, 1.165) is 28.9 Å². The number of carboxylic acid groups (broad SMARTS) is 1. The van der Waals surface area contributed by atoms with Crippen LogP contribution in [-0.4, -0.2) is 36.4 Å². The number of aromatic carboxylic acids is 1. The van der Waals surface area contributed by atoms with Gasteiger partial charge in [-0.15, -0.1) is 0 Å². The molecule has 0 fully saturated rings. The monoisotopic (exact) mass is 464 g/mol. The highest BCUT2D eigenvalue weighted by Gasteiger charge is 2.23. The van der Waals surface area contributed by atoms with Gasteiger partial charge in [0.25, 0.3) is 0 Å². The first-order chi connectivity index (χ1) is 16.2. The largest absolute Gasteiger partial charge is 0.493 e. The Labute approximate surface area is 202 Å². The molecule has 0 unspecified atom stereocenters. The molecule has 3 rings (SSSR count). The number of aryl methyl sites for hydroxylation is 3. The summed E-state index contributed by atoms with van der Waals surface area (Å²) in [4.78, 5) is 12.2. The zero-order valence-corrected chi connectivity index (χ0v) is 21.3. The van der Waals surface area contributed by atoms with Gasteiger partial charge in [0.15, 0.2) is 11.5 Å². The van der Waals surface area contributed by atoms with Gasteiger partial charge in [0.1, 0.15) is 0 Å². The molecule has 0 atom stereocenters. The summed E-state index contributed by atoms with van der Waals surface area (Å²) in [6.45, 7) is 12.2. The Morgan fingerprint density at radius 2 is 1.56 bits per heavy atom. The summed E-state index contributed by atoms with van der Waals surface area (Å²) in [5, 5.41) is 13.4. The predicted molar refractivity (Wildman–Crippen MR) is 136 cm³/mol. The first-order valence-corrected chi connectivity index (χ1v) is 11.6. The molecule has 0 radical (unpaired) electrons. The Kier molecular flexibility index (Phi) is 8.05. The van der Waals surface area contributed by atoms with Gasteiger partial charge in [0.05, 0.1) is 19.8 Å². The molecule has 182 valence electrons. The van der Waals surface area contributed by atoms with Gasteiger partial charge in [-0.25, -0.2) is 4.79 Å². The van der Waals surface area contributed by atoms with E-state index in [1.54, 1.807) is 14.2 Å². The number of nitrogens with one attached hydrogen (secondary N) is 1. The molecule has 0 amide bonds. The summed E-state index contributed by atoms with van der Waals surface area (Å²) in [6.07, 6.45) is 0.795. The summed E-state index contributed by atoms with van der Waals surface area (Å²) >= 11 is 0. The number of rotatable bonds is 10. The molecular weight excluding hydrogens is 428 g/mol. The van der Waals surface area contributed by atoms with Crippen molar-refractivity contribution in [2.45, 2.75) is 54.1 Å². The van der Waals surface area contributed by atoms with E-state index in [4.69, 9.17) is 9.47 Å². The second-order valence-electron chi connectivity index (χ2n) is 8.91. The highest BCUT2D eigenvalue weighted by atomic mass is 16.5. The Morgan fingerprint density at radius 1 is 0.912 bits per heavy atom. The summed E-state index contributed by atoms with van der Waals surface area (Å²) in [5.74, 6) is 0.531. The zero-order chi connectivity index (χ0) is 25.0. The van der Waals surface area contributed by atoms with Gasteiger partial charge in [-0.1, -0.05) is 23.8 Å². The van der Waals surface area contributed by atoms with Gasteiger partial charge in [0.2, 0.25) is 0 Å². The lowest BCUT2D eigenvalue weighted by molar-refractivity contribution is 0.0694. The van der Waals surface area contributed by atoms with Crippen molar-refractivity contribution in [3.63, 3.8) is 0 Å². The maximum atomic E-state index is 12.2. The number of aromatic nitrogens is 1. The molecule has 34 heavy (non-hydrogen) atoms. The molecule has 0 spiro atoms. The smallest absolute Gasteiger partial charge is 0.337 e. The molecule has 0 aliphatic carbocycles. The molecule has 6 heteroatoms. The lowest BCUT2D eigenvalue weighted by atomic mass is 9.99. The number of ether oxygens (including phenoxy) is 2. The van der Waals surface area contributed by atoms with Crippen LogP contribution in [0.4, 0.5) is 0 Å². The number of methoxy groups -OCH3 is 2. The zero-order valence-electron chi connectivity index (χ0n) is 21.3. The van der Waals surface area contributed by atoms with Crippen LogP contribution >= 0.6 is 0 Å². The molecule has 0 saturated heterocycles. The van der Waals surface area contributed by atoms with E-state index in [-0.39, 0.29) is 0 Å². The van der Waals surface area contributed by atoms with Gasteiger partial charge < -0.3 is 24.5 Å². The number of hydrogen-bond acceptors (Lipinski definition) is 4. The third-order valence-electron chi connectivity index (χ3n) is 6.62. The van der Waals surface area contributed by atoms with Crippen molar-refractivity contribution in [3.05, 3.63) is 80.7 Å². The highest BCUT2D eigenvalue weighted by molar-refractivity contribution is 5.91. The Hall–Kier alpha value is -3.25. The first kappa shape index (κ1) is 25.4. The molecule has 6 nitrogen and oxygen atoms in total. The Morgan fingerprint density at radius 3 is 2.15 bits per heavy atom. The predicted octanol–water partition coefficient (Wildman–Crippen LogP) is 5.13. The van der Waals surface area contributed by atoms with E-state index in [2.05, 4.69) is 42.8 Å². The van der Waals surface area contributed by atoms with Gasteiger partial charge in [-0.2, -0.15) is 0 Å². The van der Waals surface area contributed by atoms with E-state index < -0.39 is 5.97 Å². The van der Waals surface area contributed by atoms with E-state index in [1.165, 1.54) is 22.3 Å². The van der Waals surface area contributed by atoms with E-state index in [0.29, 0.717) is 36.7 Å². The average molecular weight is 465 g/mol. The fourth-order valence-corrected chi connectivity index (χ4v) is 4.79. The highest BCUT2D eigenvalue weighted by Crippen LogP contribution is 2.28. The molecule has 2 aromatic carbocycles. The summed E-state index contributed by atoms with van der Waals surface area (Å²) in [6, 6.07) is 10.3. The minimum Gasteiger partial charge on any atom is -0.493 e. The van der Waals surface area contributed by atoms with Crippen LogP contribution in [0.2, 0.25) is 0 Å². The number of carboxylic acids is 1. The fraction of sp³-hybridized carbons (Fsp3) is 0.393. The van der Waals surface area contributed by atoms with Gasteiger partial charge >= 0.3 is 5.97 Å². The standard InChI is InChI=1S/C28H36N2O4/c1-17-12-18(2)24(19(3)13-17)16-30-20(4)23(27(21(30)5)28(31)32)15-29-11-10-22-8-9-25(33-6)26(14-22)34-7/h8-9,12-14,29H,10-11,15-16H2,1-7H3,(H,31,32). The van der Waals surface area contributed by atoms with Crippen molar-refractivity contribution < 1.29 is 19.4 Å². The van der Waals surface area contributed by atoms with Crippen molar-refractivity contribution in [2.75, 3.05) is 20.8 Å². The maximum absolute atomic E-state index is 12.2. The molecular formula is C28H36N2O4. The number of nitrogens with zero attached hydrogens (tertiary/aromatic N) is 1. The van der Waals surface area contributed by atoms with Crippen molar-refractivity contribution >= 4 is 5.97 Å². The normalized spacial score (nSPS) is 11.0. The van der Waals surface area contributed by atoms with E-state index >= 15 is 0 Å². The van der Waals surface area contributed by atoms with Gasteiger partial charge in [0, 0.05) is 30.0 Å². The molecule has 0 saturated carbocycles. The second kappa shape index (κ2) is 10.8. The molecule has 1 aromatic heterocycles. The molecule has 2 N–H and O–H groups in total. The fourth-order valence-electron chi connectivity index (χ4n) is 4.79. The van der Waals surface area contributed by atoms with Crippen LogP contribution < -0.4 is 14.8 Å². The second-order valence-corrected chi connectivity index (χ2v) is 8.91.